The van der Waals surface area contributed by atoms with Crippen LogP contribution in [0.4, 0.5) is 8.78 Å². The van der Waals surface area contributed by atoms with Gasteiger partial charge in [0.2, 0.25) is 11.9 Å². The fourth-order valence-electron chi connectivity index (χ4n) is 2.51. The largest absolute Gasteiger partial charge is 0.464 e. The van der Waals surface area contributed by atoms with E-state index in [4.69, 9.17) is 9.47 Å². The summed E-state index contributed by atoms with van der Waals surface area (Å²) in [6.07, 6.45) is -3.66. The Hall–Kier alpha value is -1.99. The molecule has 0 spiro atoms. The first-order valence-corrected chi connectivity index (χ1v) is 6.87. The second-order valence-corrected chi connectivity index (χ2v) is 4.86. The van der Waals surface area contributed by atoms with Crippen molar-refractivity contribution < 1.29 is 32.6 Å². The molecule has 8 heteroatoms. The van der Waals surface area contributed by atoms with Crippen LogP contribution < -0.4 is 0 Å². The van der Waals surface area contributed by atoms with E-state index in [1.807, 2.05) is 0 Å². The van der Waals surface area contributed by atoms with Gasteiger partial charge in [-0.1, -0.05) is 12.2 Å². The molecule has 0 bridgehead atoms. The van der Waals surface area contributed by atoms with Gasteiger partial charge in [0.05, 0.1) is 13.2 Å². The number of rotatable bonds is 6. The van der Waals surface area contributed by atoms with Crippen molar-refractivity contribution in [3.8, 4) is 0 Å². The van der Waals surface area contributed by atoms with Crippen LogP contribution in [0.2, 0.25) is 0 Å². The normalized spacial score (nSPS) is 25.0. The zero-order chi connectivity index (χ0) is 16.9. The maximum atomic E-state index is 13.7. The minimum Gasteiger partial charge on any atom is -0.464 e. The van der Waals surface area contributed by atoms with E-state index in [2.05, 4.69) is 6.58 Å². The number of nitrogens with zero attached hydrogens (tertiary/aromatic N) is 1. The summed E-state index contributed by atoms with van der Waals surface area (Å²) in [6, 6.07) is -1.32. The highest BCUT2D eigenvalue weighted by Gasteiger charge is 2.59. The van der Waals surface area contributed by atoms with Gasteiger partial charge < -0.3 is 14.4 Å². The van der Waals surface area contributed by atoms with Gasteiger partial charge in [0.1, 0.15) is 6.04 Å². The lowest BCUT2D eigenvalue weighted by Gasteiger charge is -2.46. The topological polar surface area (TPSA) is 72.9 Å². The van der Waals surface area contributed by atoms with E-state index in [0.717, 1.165) is 0 Å². The Kier molecular flexibility index (Phi) is 6.01. The van der Waals surface area contributed by atoms with Gasteiger partial charge in [0.15, 0.2) is 0 Å². The average Bonchev–Trinajstić information content (AvgIpc) is 2.46. The summed E-state index contributed by atoms with van der Waals surface area (Å²) < 4.78 is 36.9. The molecule has 0 N–H and O–H groups in total. The molecule has 1 fully saturated rings. The quantitative estimate of drug-likeness (QED) is 0.419. The number of carbonyl (C=O) groups excluding carboxylic acids is 3. The third-order valence-corrected chi connectivity index (χ3v) is 3.46. The Balaban J connectivity index is 3.32. The highest BCUT2D eigenvalue weighted by Crippen LogP contribution is 2.39. The number of hydrogen-bond donors (Lipinski definition) is 0. The van der Waals surface area contributed by atoms with Gasteiger partial charge in [0, 0.05) is 6.42 Å². The predicted octanol–water partition coefficient (Wildman–Crippen LogP) is 1.29. The number of halogens is 2. The molecule has 0 saturated carbocycles. The third-order valence-electron chi connectivity index (χ3n) is 3.46. The van der Waals surface area contributed by atoms with Crippen molar-refractivity contribution in [2.75, 3.05) is 13.2 Å². The van der Waals surface area contributed by atoms with Gasteiger partial charge in [-0.25, -0.2) is 18.4 Å². The number of likely N-dealkylation sites (tertiary alicyclic amines) is 1. The lowest BCUT2D eigenvalue weighted by molar-refractivity contribution is -0.183. The number of esters is 2. The van der Waals surface area contributed by atoms with Crippen LogP contribution in [-0.2, 0) is 23.9 Å². The Morgan fingerprint density at radius 1 is 1.41 bits per heavy atom. The van der Waals surface area contributed by atoms with Crippen molar-refractivity contribution in [3.63, 3.8) is 0 Å². The molecule has 1 amide bonds. The molecule has 124 valence electrons. The molecule has 1 saturated heterocycles. The summed E-state index contributed by atoms with van der Waals surface area (Å²) in [7, 11) is 0. The van der Waals surface area contributed by atoms with Crippen LogP contribution >= 0.6 is 0 Å². The number of amides is 1. The Bertz CT molecular complexity index is 468. The summed E-state index contributed by atoms with van der Waals surface area (Å²) in [6.45, 7) is 6.51. The van der Waals surface area contributed by atoms with Crippen LogP contribution in [0.5, 0.6) is 0 Å². The predicted molar refractivity (Wildman–Crippen MR) is 72.1 cm³/mol. The second-order valence-electron chi connectivity index (χ2n) is 4.86. The van der Waals surface area contributed by atoms with Gasteiger partial charge in [-0.15, -0.1) is 0 Å². The molecular formula is C14H19F2NO5. The average molecular weight is 319 g/mol. The zero-order valence-electron chi connectivity index (χ0n) is 12.5. The number of hydrogen-bond acceptors (Lipinski definition) is 5. The Morgan fingerprint density at radius 2 is 2.00 bits per heavy atom. The highest BCUT2D eigenvalue weighted by molar-refractivity contribution is 5.88. The minimum atomic E-state index is -3.23. The van der Waals surface area contributed by atoms with Gasteiger partial charge in [0.25, 0.3) is 6.43 Å². The van der Waals surface area contributed by atoms with E-state index in [-0.39, 0.29) is 31.6 Å². The monoisotopic (exact) mass is 319 g/mol. The van der Waals surface area contributed by atoms with Crippen molar-refractivity contribution in [1.82, 2.24) is 4.90 Å². The number of piperidine rings is 1. The summed E-state index contributed by atoms with van der Waals surface area (Å²) in [4.78, 5) is 35.9. The van der Waals surface area contributed by atoms with Crippen molar-refractivity contribution in [3.05, 3.63) is 12.2 Å². The summed E-state index contributed by atoms with van der Waals surface area (Å²) in [5, 5.41) is 0. The first-order chi connectivity index (χ1) is 10.3. The van der Waals surface area contributed by atoms with Gasteiger partial charge in [-0.05, 0) is 20.3 Å². The fourth-order valence-corrected chi connectivity index (χ4v) is 2.51. The Labute approximate surface area is 127 Å². The lowest BCUT2D eigenvalue weighted by Crippen LogP contribution is -2.67. The first-order valence-electron chi connectivity index (χ1n) is 6.87. The van der Waals surface area contributed by atoms with Crippen LogP contribution in [0.3, 0.4) is 0 Å². The van der Waals surface area contributed by atoms with Gasteiger partial charge in [-0.2, -0.15) is 0 Å². The fraction of sp³-hybridized carbons (Fsp3) is 0.643. The van der Waals surface area contributed by atoms with E-state index in [0.29, 0.717) is 4.90 Å². The molecule has 0 aromatic rings. The van der Waals surface area contributed by atoms with E-state index in [1.165, 1.54) is 6.92 Å². The summed E-state index contributed by atoms with van der Waals surface area (Å²) >= 11 is 0. The van der Waals surface area contributed by atoms with E-state index in [1.54, 1.807) is 6.92 Å². The SMILES string of the molecule is C=C1CC(C(=O)OCC)N(C=O)C(C(=O)OCC)(C(F)F)C1. The smallest absolute Gasteiger partial charge is 0.338 e. The molecule has 0 aromatic heterocycles. The molecule has 0 radical (unpaired) electrons. The maximum absolute atomic E-state index is 13.7. The van der Waals surface area contributed by atoms with Crippen molar-refractivity contribution in [2.24, 2.45) is 0 Å². The number of carbonyl (C=O) groups is 3. The summed E-state index contributed by atoms with van der Waals surface area (Å²) in [5.74, 6) is -2.11. The molecule has 22 heavy (non-hydrogen) atoms. The number of alkyl halides is 2. The molecule has 2 atom stereocenters. The van der Waals surface area contributed by atoms with E-state index < -0.39 is 36.4 Å². The molecule has 1 rings (SSSR count). The van der Waals surface area contributed by atoms with Gasteiger partial charge in [-0.3, -0.25) is 4.79 Å². The Morgan fingerprint density at radius 3 is 2.45 bits per heavy atom. The molecular weight excluding hydrogens is 300 g/mol. The van der Waals surface area contributed by atoms with E-state index >= 15 is 0 Å². The molecule has 0 aliphatic carbocycles. The third kappa shape index (κ3) is 3.10. The van der Waals surface area contributed by atoms with Crippen LogP contribution in [-0.4, -0.2) is 54.5 Å². The van der Waals surface area contributed by atoms with Crippen LogP contribution in [0, 0.1) is 0 Å². The molecule has 6 nitrogen and oxygen atoms in total. The number of ether oxygens (including phenoxy) is 2. The first kappa shape index (κ1) is 18.1. The second kappa shape index (κ2) is 7.33. The van der Waals surface area contributed by atoms with Gasteiger partial charge >= 0.3 is 11.9 Å². The standard InChI is InChI=1S/C14H19F2NO5/c1-4-21-11(19)10-6-9(3)7-14(12(15)16,17(10)8-18)13(20)22-5-2/h8,10,12H,3-7H2,1-2H3. The van der Waals surface area contributed by atoms with Crippen molar-refractivity contribution >= 4 is 18.3 Å². The molecule has 2 unspecified atom stereocenters. The van der Waals surface area contributed by atoms with Crippen molar-refractivity contribution in [2.45, 2.75) is 44.7 Å². The zero-order valence-corrected chi connectivity index (χ0v) is 12.5. The molecule has 1 aliphatic rings. The van der Waals surface area contributed by atoms with Crippen LogP contribution in [0.15, 0.2) is 12.2 Å². The maximum Gasteiger partial charge on any atom is 0.338 e. The molecule has 0 aromatic carbocycles. The highest BCUT2D eigenvalue weighted by atomic mass is 19.3. The van der Waals surface area contributed by atoms with E-state index in [9.17, 15) is 23.2 Å². The van der Waals surface area contributed by atoms with Crippen LogP contribution in [0.1, 0.15) is 26.7 Å². The summed E-state index contributed by atoms with van der Waals surface area (Å²) in [5.41, 5.74) is -2.30. The van der Waals surface area contributed by atoms with Crippen LogP contribution in [0.25, 0.3) is 0 Å². The molecule has 1 heterocycles. The minimum absolute atomic E-state index is 0.0234. The van der Waals surface area contributed by atoms with Crippen molar-refractivity contribution in [1.29, 1.82) is 0 Å². The molecule has 1 aliphatic heterocycles. The lowest BCUT2D eigenvalue weighted by atomic mass is 9.81.